The van der Waals surface area contributed by atoms with Crippen molar-refractivity contribution in [2.75, 3.05) is 7.05 Å². The average Bonchev–Trinajstić information content (AvgIpc) is 2.77. The molecule has 6 heteroatoms. The Bertz CT molecular complexity index is 979. The number of nitrogens with zero attached hydrogens (tertiary/aromatic N) is 1. The molecule has 0 aliphatic carbocycles. The Morgan fingerprint density at radius 3 is 2.50 bits per heavy atom. The number of hydrogen-bond acceptors (Lipinski definition) is 1. The molecule has 3 aromatic rings. The molecule has 0 spiro atoms. The van der Waals surface area contributed by atoms with Crippen LogP contribution in [0.25, 0.3) is 22.0 Å². The van der Waals surface area contributed by atoms with Gasteiger partial charge in [0.25, 0.3) is 5.91 Å². The first-order chi connectivity index (χ1) is 11.3. The minimum Gasteiger partial charge on any atom is -0.354 e. The van der Waals surface area contributed by atoms with Gasteiger partial charge in [-0.15, -0.1) is 0 Å². The second-order valence-corrected chi connectivity index (χ2v) is 6.02. The van der Waals surface area contributed by atoms with Gasteiger partial charge in [0.2, 0.25) is 0 Å². The van der Waals surface area contributed by atoms with Gasteiger partial charge in [-0.05, 0) is 42.8 Å². The third kappa shape index (κ3) is 2.45. The number of rotatable bonds is 2. The first-order valence-electron chi connectivity index (χ1n) is 7.31. The fourth-order valence-electron chi connectivity index (χ4n) is 3.09. The van der Waals surface area contributed by atoms with E-state index >= 15 is 0 Å². The van der Waals surface area contributed by atoms with Gasteiger partial charge in [-0.1, -0.05) is 11.6 Å². The highest BCUT2D eigenvalue weighted by Crippen LogP contribution is 2.36. The number of benzene rings is 2. The van der Waals surface area contributed by atoms with E-state index < -0.39 is 11.6 Å². The van der Waals surface area contributed by atoms with Crippen LogP contribution in [0.1, 0.15) is 16.1 Å². The van der Waals surface area contributed by atoms with E-state index in [0.29, 0.717) is 27.7 Å². The Kier molecular flexibility index (Phi) is 4.05. The molecule has 1 N–H and O–H groups in total. The Balaban J connectivity index is 2.43. The van der Waals surface area contributed by atoms with Gasteiger partial charge < -0.3 is 9.88 Å². The minimum absolute atomic E-state index is 0.230. The molecule has 0 aliphatic heterocycles. The quantitative estimate of drug-likeness (QED) is 0.729. The monoisotopic (exact) mass is 348 g/mol. The lowest BCUT2D eigenvalue weighted by Crippen LogP contribution is -2.21. The van der Waals surface area contributed by atoms with Crippen LogP contribution in [0.3, 0.4) is 0 Å². The zero-order valence-electron chi connectivity index (χ0n) is 13.4. The Morgan fingerprint density at radius 1 is 1.17 bits per heavy atom. The lowest BCUT2D eigenvalue weighted by Gasteiger charge is -2.10. The molecule has 0 atom stereocenters. The fourth-order valence-corrected chi connectivity index (χ4v) is 3.25. The number of fused-ring (bicyclic) bond motifs is 1. The second-order valence-electron chi connectivity index (χ2n) is 5.59. The van der Waals surface area contributed by atoms with Crippen molar-refractivity contribution < 1.29 is 13.6 Å². The predicted octanol–water partition coefficient (Wildman–Crippen LogP) is 4.44. The summed E-state index contributed by atoms with van der Waals surface area (Å²) in [6.45, 7) is 1.74. The zero-order valence-corrected chi connectivity index (χ0v) is 14.1. The van der Waals surface area contributed by atoms with Gasteiger partial charge in [-0.3, -0.25) is 4.79 Å². The minimum atomic E-state index is -0.547. The predicted molar refractivity (Wildman–Crippen MR) is 91.4 cm³/mol. The van der Waals surface area contributed by atoms with Gasteiger partial charge in [0.05, 0.1) is 5.52 Å². The first kappa shape index (κ1) is 16.5. The van der Waals surface area contributed by atoms with E-state index in [1.165, 1.54) is 31.3 Å². The summed E-state index contributed by atoms with van der Waals surface area (Å²) in [7, 11) is 3.23. The summed E-state index contributed by atoms with van der Waals surface area (Å²) >= 11 is 5.80. The van der Waals surface area contributed by atoms with Crippen molar-refractivity contribution in [3.05, 3.63) is 58.2 Å². The highest BCUT2D eigenvalue weighted by Gasteiger charge is 2.22. The topological polar surface area (TPSA) is 34.0 Å². The number of hydrogen-bond donors (Lipinski definition) is 1. The van der Waals surface area contributed by atoms with E-state index in [2.05, 4.69) is 5.32 Å². The number of aryl methyl sites for hydroxylation is 2. The van der Waals surface area contributed by atoms with Crippen molar-refractivity contribution in [1.29, 1.82) is 0 Å². The van der Waals surface area contributed by atoms with Gasteiger partial charge >= 0.3 is 0 Å². The van der Waals surface area contributed by atoms with Crippen molar-refractivity contribution in [2.24, 2.45) is 7.05 Å². The highest BCUT2D eigenvalue weighted by atomic mass is 35.5. The van der Waals surface area contributed by atoms with Crippen LogP contribution >= 0.6 is 11.6 Å². The highest BCUT2D eigenvalue weighted by molar-refractivity contribution is 6.30. The van der Waals surface area contributed by atoms with Crippen molar-refractivity contribution in [3.8, 4) is 11.1 Å². The molecular formula is C18H15ClF2N2O. The Labute approximate surface area is 142 Å². The molecule has 24 heavy (non-hydrogen) atoms. The van der Waals surface area contributed by atoms with E-state index in [1.54, 1.807) is 24.6 Å². The molecular weight excluding hydrogens is 334 g/mol. The van der Waals surface area contributed by atoms with Crippen molar-refractivity contribution in [3.63, 3.8) is 0 Å². The average molecular weight is 349 g/mol. The molecule has 0 fully saturated rings. The maximum absolute atomic E-state index is 14.4. The SMILES string of the molecule is CNC(=O)c1c(C)c2cc(F)cc(-c3ccc(Cl)cc3F)c2n1C. The maximum Gasteiger partial charge on any atom is 0.267 e. The van der Waals surface area contributed by atoms with Crippen LogP contribution in [0.2, 0.25) is 5.02 Å². The van der Waals surface area contributed by atoms with Crippen molar-refractivity contribution in [2.45, 2.75) is 6.92 Å². The largest absolute Gasteiger partial charge is 0.354 e. The third-order valence-corrected chi connectivity index (χ3v) is 4.40. The first-order valence-corrected chi connectivity index (χ1v) is 7.69. The second kappa shape index (κ2) is 5.91. The summed E-state index contributed by atoms with van der Waals surface area (Å²) in [6, 6.07) is 6.86. The molecule has 3 rings (SSSR count). The van der Waals surface area contributed by atoms with E-state index in [9.17, 15) is 13.6 Å². The maximum atomic E-state index is 14.4. The number of nitrogens with one attached hydrogen (secondary N) is 1. The fraction of sp³-hybridized carbons (Fsp3) is 0.167. The molecule has 0 saturated carbocycles. The number of amides is 1. The summed E-state index contributed by atoms with van der Waals surface area (Å²) in [5.41, 5.74) is 2.25. The van der Waals surface area contributed by atoms with Crippen molar-refractivity contribution in [1.82, 2.24) is 9.88 Å². The molecule has 0 aliphatic rings. The van der Waals surface area contributed by atoms with Gasteiger partial charge in [0.15, 0.2) is 0 Å². The number of aromatic nitrogens is 1. The molecule has 1 heterocycles. The summed E-state index contributed by atoms with van der Waals surface area (Å²) < 4.78 is 30.2. The van der Waals surface area contributed by atoms with Gasteiger partial charge in [0.1, 0.15) is 17.3 Å². The van der Waals surface area contributed by atoms with Crippen LogP contribution in [-0.4, -0.2) is 17.5 Å². The van der Waals surface area contributed by atoms with Gasteiger partial charge in [-0.2, -0.15) is 0 Å². The van der Waals surface area contributed by atoms with Crippen LogP contribution in [0, 0.1) is 18.6 Å². The molecule has 2 aromatic carbocycles. The van der Waals surface area contributed by atoms with Gasteiger partial charge in [0, 0.05) is 35.6 Å². The number of halogens is 3. The lowest BCUT2D eigenvalue weighted by molar-refractivity contribution is 0.0955. The summed E-state index contributed by atoms with van der Waals surface area (Å²) in [5.74, 6) is -1.33. The molecule has 1 aromatic heterocycles. The summed E-state index contributed by atoms with van der Waals surface area (Å²) in [6.07, 6.45) is 0. The number of carbonyl (C=O) groups is 1. The Hall–Kier alpha value is -2.40. The molecule has 0 bridgehead atoms. The van der Waals surface area contributed by atoms with Crippen LogP contribution in [0.15, 0.2) is 30.3 Å². The van der Waals surface area contributed by atoms with Crippen LogP contribution in [-0.2, 0) is 7.05 Å². The molecule has 124 valence electrons. The summed E-state index contributed by atoms with van der Waals surface area (Å²) in [4.78, 5) is 12.2. The lowest BCUT2D eigenvalue weighted by atomic mass is 10.0. The molecule has 0 unspecified atom stereocenters. The molecule has 0 radical (unpaired) electrons. The third-order valence-electron chi connectivity index (χ3n) is 4.17. The van der Waals surface area contributed by atoms with Crippen LogP contribution < -0.4 is 5.32 Å². The Morgan fingerprint density at radius 2 is 1.88 bits per heavy atom. The van der Waals surface area contributed by atoms with E-state index in [1.807, 2.05) is 0 Å². The summed E-state index contributed by atoms with van der Waals surface area (Å²) in [5, 5.41) is 3.40. The smallest absolute Gasteiger partial charge is 0.267 e. The number of carbonyl (C=O) groups excluding carboxylic acids is 1. The normalized spacial score (nSPS) is 11.1. The molecule has 3 nitrogen and oxygen atoms in total. The van der Waals surface area contributed by atoms with E-state index in [4.69, 9.17) is 11.6 Å². The zero-order chi connectivity index (χ0) is 17.6. The van der Waals surface area contributed by atoms with Crippen LogP contribution in [0.4, 0.5) is 8.78 Å². The standard InChI is InChI=1S/C18H15ClF2N2O/c1-9-13-7-11(20)8-14(12-5-4-10(19)6-15(12)21)17(13)23(3)16(9)18(24)22-2/h4-8H,1-3H3,(H,22,24). The van der Waals surface area contributed by atoms with E-state index in [0.717, 1.165) is 0 Å². The van der Waals surface area contributed by atoms with Crippen LogP contribution in [0.5, 0.6) is 0 Å². The van der Waals surface area contributed by atoms with Gasteiger partial charge in [-0.25, -0.2) is 8.78 Å². The van der Waals surface area contributed by atoms with Crippen molar-refractivity contribution >= 4 is 28.4 Å². The molecule has 0 saturated heterocycles. The van der Waals surface area contributed by atoms with E-state index in [-0.39, 0.29) is 16.5 Å². The molecule has 1 amide bonds.